The van der Waals surface area contributed by atoms with Crippen molar-refractivity contribution in [3.8, 4) is 0 Å². The first-order valence-corrected chi connectivity index (χ1v) is 26.2. The number of hydrogen-bond donors (Lipinski definition) is 6. The predicted molar refractivity (Wildman–Crippen MR) is 246 cm³/mol. The fourth-order valence-electron chi connectivity index (χ4n) is 5.96. The molecule has 0 aliphatic carbocycles. The van der Waals surface area contributed by atoms with E-state index in [4.69, 9.17) is 23.8 Å². The van der Waals surface area contributed by atoms with Gasteiger partial charge in [0.05, 0.1) is 32.0 Å². The van der Waals surface area contributed by atoms with Crippen molar-refractivity contribution < 1.29 is 71.8 Å². The Morgan fingerprint density at radius 1 is 0.524 bits per heavy atom. The number of esters is 2. The zero-order chi connectivity index (χ0) is 46.9. The molecule has 63 heavy (non-hydrogen) atoms. The van der Waals surface area contributed by atoms with Crippen LogP contribution in [0.2, 0.25) is 0 Å². The lowest BCUT2D eigenvalue weighted by atomic mass is 10.0. The van der Waals surface area contributed by atoms with Crippen LogP contribution in [0, 0.1) is 0 Å². The summed E-state index contributed by atoms with van der Waals surface area (Å²) in [5.74, 6) is -1.33. The molecule has 1 unspecified atom stereocenters. The fraction of sp³-hybridized carbons (Fsp3) is 0.739. The van der Waals surface area contributed by atoms with Crippen molar-refractivity contribution in [1.29, 1.82) is 0 Å². The number of rotatable bonds is 43. The molecule has 0 saturated carbocycles. The summed E-state index contributed by atoms with van der Waals surface area (Å²) in [5.41, 5.74) is 0. The molecular formula is C46H82O15P2. The molecule has 0 saturated heterocycles. The molecular weight excluding hydrogens is 854 g/mol. The molecule has 0 rings (SSSR count). The van der Waals surface area contributed by atoms with E-state index >= 15 is 0 Å². The van der Waals surface area contributed by atoms with Gasteiger partial charge in [0, 0.05) is 12.8 Å². The van der Waals surface area contributed by atoms with Gasteiger partial charge in [0.25, 0.3) is 0 Å². The largest absolute Gasteiger partial charge is 0.472 e. The lowest BCUT2D eigenvalue weighted by Gasteiger charge is -2.21. The normalized spacial score (nSPS) is 15.5. The molecule has 0 aliphatic heterocycles. The van der Waals surface area contributed by atoms with E-state index in [1.54, 1.807) is 6.08 Å². The first-order valence-electron chi connectivity index (χ1n) is 23.1. The molecule has 0 heterocycles. The van der Waals surface area contributed by atoms with Gasteiger partial charge in [-0.25, -0.2) is 9.13 Å². The summed E-state index contributed by atoms with van der Waals surface area (Å²) in [5, 5.41) is 30.5. The minimum absolute atomic E-state index is 0.0877. The van der Waals surface area contributed by atoms with Crippen molar-refractivity contribution in [2.24, 2.45) is 0 Å². The van der Waals surface area contributed by atoms with Crippen molar-refractivity contribution in [3.63, 3.8) is 0 Å². The summed E-state index contributed by atoms with van der Waals surface area (Å²) in [7, 11) is -9.79. The molecule has 0 radical (unpaired) electrons. The molecule has 0 bridgehead atoms. The predicted octanol–water partition coefficient (Wildman–Crippen LogP) is 9.95. The van der Waals surface area contributed by atoms with Gasteiger partial charge in [-0.05, 0) is 77.0 Å². The number of aliphatic hydroxyl groups excluding tert-OH is 3. The van der Waals surface area contributed by atoms with Crippen LogP contribution < -0.4 is 0 Å². The van der Waals surface area contributed by atoms with E-state index < -0.39 is 78.4 Å². The van der Waals surface area contributed by atoms with E-state index in [-0.39, 0.29) is 32.1 Å². The number of allylic oxidation sites excluding steroid dienone is 9. The average Bonchev–Trinajstić information content (AvgIpc) is 3.24. The number of aliphatic hydroxyl groups is 3. The fourth-order valence-corrected chi connectivity index (χ4v) is 7.12. The summed E-state index contributed by atoms with van der Waals surface area (Å²) in [6.07, 6.45) is 36.6. The molecule has 0 aliphatic rings. The number of carbonyl (C=O) groups is 2. The van der Waals surface area contributed by atoms with E-state index in [0.717, 1.165) is 64.2 Å². The monoisotopic (exact) mass is 937 g/mol. The summed E-state index contributed by atoms with van der Waals surface area (Å²) < 4.78 is 47.6. The quantitative estimate of drug-likeness (QED) is 0.0144. The molecule has 0 amide bonds. The van der Waals surface area contributed by atoms with E-state index in [9.17, 15) is 38.9 Å². The summed E-state index contributed by atoms with van der Waals surface area (Å²) in [6, 6.07) is 0. The Hall–Kier alpha value is -2.26. The van der Waals surface area contributed by atoms with Crippen LogP contribution in [-0.4, -0.2) is 92.8 Å². The second-order valence-electron chi connectivity index (χ2n) is 15.6. The molecule has 366 valence electrons. The van der Waals surface area contributed by atoms with Crippen LogP contribution in [0.15, 0.2) is 60.8 Å². The Kier molecular flexibility index (Phi) is 39.7. The molecule has 0 fully saturated rings. The highest BCUT2D eigenvalue weighted by Crippen LogP contribution is 2.43. The van der Waals surface area contributed by atoms with Crippen molar-refractivity contribution in [1.82, 2.24) is 0 Å². The van der Waals surface area contributed by atoms with Gasteiger partial charge >= 0.3 is 27.6 Å². The highest BCUT2D eigenvalue weighted by molar-refractivity contribution is 7.47. The summed E-state index contributed by atoms with van der Waals surface area (Å²) in [6.45, 7) is 1.31. The van der Waals surface area contributed by atoms with E-state index in [1.165, 1.54) is 44.9 Å². The highest BCUT2D eigenvalue weighted by Gasteiger charge is 2.28. The lowest BCUT2D eigenvalue weighted by molar-refractivity contribution is -0.161. The molecule has 5 atom stereocenters. The van der Waals surface area contributed by atoms with Crippen molar-refractivity contribution >= 4 is 27.6 Å². The van der Waals surface area contributed by atoms with Gasteiger partial charge in [-0.2, -0.15) is 0 Å². The summed E-state index contributed by atoms with van der Waals surface area (Å²) in [4.78, 5) is 52.8. The van der Waals surface area contributed by atoms with Crippen LogP contribution in [-0.2, 0) is 41.8 Å². The third-order valence-corrected chi connectivity index (χ3v) is 11.0. The number of carbonyl (C=O) groups excluding carboxylic acids is 2. The van der Waals surface area contributed by atoms with Crippen LogP contribution in [0.25, 0.3) is 0 Å². The van der Waals surface area contributed by atoms with Gasteiger partial charge in [0.2, 0.25) is 0 Å². The number of phosphoric acid groups is 2. The summed E-state index contributed by atoms with van der Waals surface area (Å²) >= 11 is 0. The van der Waals surface area contributed by atoms with Crippen LogP contribution in [0.1, 0.15) is 168 Å². The third-order valence-electron chi connectivity index (χ3n) is 9.58. The van der Waals surface area contributed by atoms with Crippen LogP contribution >= 0.6 is 15.6 Å². The van der Waals surface area contributed by atoms with E-state index in [1.807, 2.05) is 12.2 Å². The molecule has 17 heteroatoms. The van der Waals surface area contributed by atoms with Gasteiger partial charge in [0.1, 0.15) is 12.7 Å². The maximum absolute atomic E-state index is 12.7. The van der Waals surface area contributed by atoms with Crippen molar-refractivity contribution in [2.45, 2.75) is 192 Å². The van der Waals surface area contributed by atoms with Gasteiger partial charge in [-0.1, -0.05) is 139 Å². The minimum atomic E-state index is -4.90. The first-order chi connectivity index (χ1) is 30.2. The van der Waals surface area contributed by atoms with Crippen molar-refractivity contribution in [2.75, 3.05) is 26.4 Å². The van der Waals surface area contributed by atoms with Gasteiger partial charge in [-0.15, -0.1) is 0 Å². The Morgan fingerprint density at radius 2 is 1.02 bits per heavy atom. The topological polar surface area (TPSA) is 236 Å². The number of unbranched alkanes of at least 4 members (excludes halogenated alkanes) is 13. The minimum Gasteiger partial charge on any atom is -0.462 e. The Labute approximate surface area is 377 Å². The van der Waals surface area contributed by atoms with Gasteiger partial charge in [-0.3, -0.25) is 23.2 Å². The van der Waals surface area contributed by atoms with Crippen LogP contribution in [0.5, 0.6) is 0 Å². The molecule has 0 aromatic rings. The zero-order valence-electron chi connectivity index (χ0n) is 38.1. The Morgan fingerprint density at radius 3 is 1.59 bits per heavy atom. The Bertz CT molecular complexity index is 1380. The molecule has 0 spiro atoms. The van der Waals surface area contributed by atoms with Crippen LogP contribution in [0.3, 0.4) is 0 Å². The van der Waals surface area contributed by atoms with E-state index in [2.05, 4.69) is 65.4 Å². The number of hydrogen-bond acceptors (Lipinski definition) is 12. The number of phosphoric ester groups is 2. The van der Waals surface area contributed by atoms with Gasteiger partial charge in [0.15, 0.2) is 6.10 Å². The Balaban J connectivity index is 4.72. The maximum atomic E-state index is 12.7. The molecule has 6 N–H and O–H groups in total. The van der Waals surface area contributed by atoms with Gasteiger partial charge < -0.3 is 39.5 Å². The molecule has 15 nitrogen and oxygen atoms in total. The lowest BCUT2D eigenvalue weighted by Crippen LogP contribution is -2.30. The second-order valence-corrected chi connectivity index (χ2v) is 18.3. The first kappa shape index (κ1) is 60.7. The van der Waals surface area contributed by atoms with E-state index in [0.29, 0.717) is 12.8 Å². The molecule has 0 aromatic heterocycles. The zero-order valence-corrected chi connectivity index (χ0v) is 39.9. The SMILES string of the molecule is CC/C=C\C/C=C\C/C=C\C/C=C\C[C@@H](O)[C@H](O)CCCC(=O)O[C@H](COC(=O)CCCCCCCCC/C=C\CCCCCCCC)COP(=O)(O)OC[C@@H](O)COP(=O)(O)O. The standard InChI is InChI=1S/C46H82O15P2/c1-3-5-7-9-11-13-15-17-18-19-20-21-23-25-27-29-31-35-45(50)57-39-42(40-60-63(55,56)59-38-41(47)37-58-62(52,53)54)61-46(51)36-32-34-44(49)43(48)33-30-28-26-24-22-16-14-12-10-8-6-4-2/h6,8,12,14,17-18,22,24,28,30,41-44,47-49H,3-5,7,9-11,13,15-16,19-21,23,25-27,29,31-40H2,1-2H3,(H,55,56)(H2,52,53,54)/b8-6-,14-12-,18-17-,24-22-,30-28-/t41-,42+,43+,44+/m0/s1. The van der Waals surface area contributed by atoms with Crippen LogP contribution in [0.4, 0.5) is 0 Å². The maximum Gasteiger partial charge on any atom is 0.472 e. The van der Waals surface area contributed by atoms with Crippen molar-refractivity contribution in [3.05, 3.63) is 60.8 Å². The smallest absolute Gasteiger partial charge is 0.462 e. The highest BCUT2D eigenvalue weighted by atomic mass is 31.2. The third kappa shape index (κ3) is 43.4. The number of ether oxygens (including phenoxy) is 2. The average molecular weight is 937 g/mol. The molecule has 0 aromatic carbocycles. The second kappa shape index (κ2) is 41.2.